The minimum Gasteiger partial charge on any atom is -0.656 e. The first-order chi connectivity index (χ1) is 55.8. The van der Waals surface area contributed by atoms with E-state index in [0.29, 0.717) is 0 Å². The van der Waals surface area contributed by atoms with Crippen LogP contribution in [0.25, 0.3) is 88.4 Å². The molecular formula is C113H116N4Zr2-. The van der Waals surface area contributed by atoms with Crippen molar-refractivity contribution in [1.29, 1.82) is 0 Å². The molecule has 4 aromatic heterocycles. The Kier molecular flexibility index (Phi) is 35.8. The molecule has 0 bridgehead atoms. The van der Waals surface area contributed by atoms with Crippen molar-refractivity contribution in [3.63, 3.8) is 0 Å². The predicted octanol–water partition coefficient (Wildman–Crippen LogP) is 30.6. The summed E-state index contributed by atoms with van der Waals surface area (Å²) in [6.07, 6.45) is 0. The zero-order valence-corrected chi connectivity index (χ0v) is 77.3. The third kappa shape index (κ3) is 29.6. The van der Waals surface area contributed by atoms with Crippen LogP contribution >= 0.6 is 0 Å². The fraction of sp³-hybridized carbons (Fsp3) is 0.159. The molecule has 1 radical (unpaired) electrons. The smallest absolute Gasteiger partial charge is 0.656 e. The number of benzene rings is 13. The molecule has 17 aromatic rings. The van der Waals surface area contributed by atoms with Crippen LogP contribution in [0, 0.1) is 62.3 Å². The second kappa shape index (κ2) is 45.0. The summed E-state index contributed by atoms with van der Waals surface area (Å²) in [5.41, 5.74) is 23.7. The molecule has 4 heterocycles. The Morgan fingerprint density at radius 3 is 0.832 bits per heavy atom. The molecule has 13 aromatic carbocycles. The molecule has 119 heavy (non-hydrogen) atoms. The van der Waals surface area contributed by atoms with Crippen LogP contribution in [0.1, 0.15) is 156 Å². The molecule has 4 nitrogen and oxygen atoms in total. The predicted molar refractivity (Wildman–Crippen MR) is 508 cm³/mol. The molecular weight excluding hydrogens is 1600 g/mol. The summed E-state index contributed by atoms with van der Waals surface area (Å²) in [7, 11) is 0. The third-order valence-electron chi connectivity index (χ3n) is 19.4. The van der Waals surface area contributed by atoms with E-state index in [1.54, 1.807) is 0 Å². The zero-order valence-electron chi connectivity index (χ0n) is 72.4. The minimum absolute atomic E-state index is 0. The van der Waals surface area contributed by atoms with Crippen molar-refractivity contribution in [3.05, 3.63) is 479 Å². The molecule has 0 aliphatic rings. The van der Waals surface area contributed by atoms with Gasteiger partial charge in [-0.1, -0.05) is 217 Å². The summed E-state index contributed by atoms with van der Waals surface area (Å²) in [5.74, 6) is 0. The Balaban J connectivity index is 0.000000208. The molecule has 597 valence electrons. The van der Waals surface area contributed by atoms with Gasteiger partial charge in [-0.25, -0.2) is 0 Å². The van der Waals surface area contributed by atoms with Gasteiger partial charge in [0.15, 0.2) is 0 Å². The Labute approximate surface area is 751 Å². The van der Waals surface area contributed by atoms with E-state index in [1.807, 2.05) is 250 Å². The third-order valence-corrected chi connectivity index (χ3v) is 19.4. The Morgan fingerprint density at radius 2 is 0.521 bits per heavy atom. The normalized spacial score (nSPS) is 10.7. The maximum absolute atomic E-state index is 5.09. The SMILES string of the molecule is Cc1cccc(-c2ccc(-c3c4ccc(C(C)(C)C)cc4cc4ccc(C(C)(C)C)cc34)[n-]2)n1.Cc1cccc(-c2ccc(-c3c4ccc(C(C)(C)C)cc4cc4ccc(C(C)(C)C)cc34)[nH]2)n1.[CH2-]c1ccccc1.[CH2-]c1ccccc1.[CH2-]c1ccccc1.[CH2-]c1ccccc1.[CH2-]c1ccccc1.[CH2-]c1ccccc1.[CH2-]c1ccccc1.[Zr+3].[Zr+4]. The summed E-state index contributed by atoms with van der Waals surface area (Å²) in [4.78, 5) is 18.2. The number of pyridine rings is 2. The van der Waals surface area contributed by atoms with E-state index in [-0.39, 0.29) is 74.1 Å². The van der Waals surface area contributed by atoms with Crippen LogP contribution in [0.15, 0.2) is 358 Å². The Morgan fingerprint density at radius 1 is 0.244 bits per heavy atom. The second-order valence-corrected chi connectivity index (χ2v) is 33.5. The largest absolute Gasteiger partial charge is 4.00 e. The molecule has 0 atom stereocenters. The van der Waals surface area contributed by atoms with E-state index < -0.39 is 0 Å². The van der Waals surface area contributed by atoms with E-state index in [1.165, 1.54) is 76.5 Å². The van der Waals surface area contributed by atoms with Crippen molar-refractivity contribution in [3.8, 4) is 45.3 Å². The average Bonchev–Trinajstić information content (AvgIpc) is 1.74. The minimum atomic E-state index is 0. The van der Waals surface area contributed by atoms with E-state index >= 15 is 0 Å². The summed E-state index contributed by atoms with van der Waals surface area (Å²) in [5, 5.41) is 10.1. The van der Waals surface area contributed by atoms with Crippen molar-refractivity contribution in [2.75, 3.05) is 0 Å². The molecule has 0 aliphatic heterocycles. The van der Waals surface area contributed by atoms with Gasteiger partial charge in [0.25, 0.3) is 0 Å². The van der Waals surface area contributed by atoms with Gasteiger partial charge >= 0.3 is 52.4 Å². The molecule has 0 amide bonds. The first-order valence-electron chi connectivity index (χ1n) is 40.1. The number of nitrogens with one attached hydrogen (secondary N) is 1. The van der Waals surface area contributed by atoms with E-state index in [4.69, 9.17) is 15.0 Å². The average molecular weight is 1710 g/mol. The Hall–Kier alpha value is -11.4. The van der Waals surface area contributed by atoms with Gasteiger partial charge in [-0.2, -0.15) is 172 Å². The van der Waals surface area contributed by atoms with Gasteiger partial charge in [0.05, 0.1) is 11.4 Å². The first kappa shape index (κ1) is 94.8. The maximum Gasteiger partial charge on any atom is 4.00 e. The van der Waals surface area contributed by atoms with Crippen LogP contribution in [0.3, 0.4) is 0 Å². The number of aryl methyl sites for hydroxylation is 2. The number of fused-ring (bicyclic) bond motifs is 4. The molecule has 0 spiro atoms. The topological polar surface area (TPSA) is 55.7 Å². The summed E-state index contributed by atoms with van der Waals surface area (Å²) < 4.78 is 0. The van der Waals surface area contributed by atoms with E-state index in [2.05, 4.69) is 258 Å². The van der Waals surface area contributed by atoms with Crippen molar-refractivity contribution >= 4 is 43.1 Å². The van der Waals surface area contributed by atoms with E-state index in [9.17, 15) is 0 Å². The molecule has 0 fully saturated rings. The van der Waals surface area contributed by atoms with Gasteiger partial charge < -0.3 is 9.97 Å². The fourth-order valence-corrected chi connectivity index (χ4v) is 12.7. The van der Waals surface area contributed by atoms with Crippen molar-refractivity contribution in [2.24, 2.45) is 0 Å². The van der Waals surface area contributed by atoms with Crippen molar-refractivity contribution in [2.45, 2.75) is 119 Å². The maximum atomic E-state index is 5.09. The van der Waals surface area contributed by atoms with E-state index in [0.717, 1.165) is 84.5 Å². The van der Waals surface area contributed by atoms with Crippen molar-refractivity contribution < 1.29 is 52.4 Å². The number of aromatic nitrogens is 4. The van der Waals surface area contributed by atoms with Crippen LogP contribution in [0.2, 0.25) is 0 Å². The standard InChI is InChI=1S/C32H34N2.C32H33N2.7C7H7.2Zr/c2*1-20-9-8-10-27(33-20)28-15-16-29(34-28)30-25-14-13-23(31(2,3)4)18-22(25)17-21-11-12-24(19-26(21)30)32(5,6)7;7*1-7-5-3-2-4-6-7;;/h8-19,34H,1-7H3;8-19H,1-7H3;7*2-6H,1H2;;/q;8*-1;+3;+4. The van der Waals surface area contributed by atoms with Crippen molar-refractivity contribution in [1.82, 2.24) is 19.9 Å². The molecule has 0 saturated heterocycles. The molecule has 6 heteroatoms. The molecule has 1 N–H and O–H groups in total. The van der Waals surface area contributed by atoms with Crippen LogP contribution < -0.4 is 4.98 Å². The number of rotatable bonds is 4. The van der Waals surface area contributed by atoms with Crippen LogP contribution in [-0.4, -0.2) is 15.0 Å². The van der Waals surface area contributed by atoms with Gasteiger partial charge in [-0.3, -0.25) is 9.97 Å². The number of nitrogens with zero attached hydrogens (tertiary/aromatic N) is 3. The van der Waals surface area contributed by atoms with Gasteiger partial charge in [0.1, 0.15) is 0 Å². The molecule has 17 rings (SSSR count). The molecule has 0 aliphatic carbocycles. The number of hydrogen-bond donors (Lipinski definition) is 1. The molecule has 0 unspecified atom stereocenters. The van der Waals surface area contributed by atoms with Crippen LogP contribution in [0.5, 0.6) is 0 Å². The first-order valence-corrected chi connectivity index (χ1v) is 40.1. The summed E-state index contributed by atoms with van der Waals surface area (Å²) in [6, 6.07) is 122. The van der Waals surface area contributed by atoms with Crippen LogP contribution in [0.4, 0.5) is 0 Å². The summed E-state index contributed by atoms with van der Waals surface area (Å²) in [6.45, 7) is 57.4. The fourth-order valence-electron chi connectivity index (χ4n) is 12.7. The van der Waals surface area contributed by atoms with Gasteiger partial charge in [-0.15, -0.1) is 96.3 Å². The Bertz CT molecular complexity index is 5260. The number of H-pyrrole nitrogens is 1. The van der Waals surface area contributed by atoms with Gasteiger partial charge in [0, 0.05) is 28.3 Å². The molecule has 0 saturated carbocycles. The van der Waals surface area contributed by atoms with Gasteiger partial charge in [0.2, 0.25) is 0 Å². The van der Waals surface area contributed by atoms with Gasteiger partial charge in [-0.05, 0) is 161 Å². The quantitative estimate of drug-likeness (QED) is 0.141. The zero-order chi connectivity index (χ0) is 84.3. The number of aromatic amines is 1. The monoisotopic (exact) mass is 1710 g/mol. The van der Waals surface area contributed by atoms with Crippen LogP contribution in [-0.2, 0) is 74.1 Å². The number of hydrogen-bond acceptors (Lipinski definition) is 2. The second-order valence-electron chi connectivity index (χ2n) is 33.5. The summed E-state index contributed by atoms with van der Waals surface area (Å²) >= 11 is 0.